The largest absolute Gasteiger partial charge is 0.450 e. The van der Waals surface area contributed by atoms with Crippen LogP contribution >= 0.6 is 11.6 Å². The van der Waals surface area contributed by atoms with Gasteiger partial charge in [-0.05, 0) is 11.5 Å². The summed E-state index contributed by atoms with van der Waals surface area (Å²) in [4.78, 5) is 0. The second-order valence-corrected chi connectivity index (χ2v) is 2.06. The van der Waals surface area contributed by atoms with Gasteiger partial charge in [0, 0.05) is 5.02 Å². The van der Waals surface area contributed by atoms with Crippen molar-refractivity contribution in [1.29, 1.82) is 0 Å². The number of rotatable bonds is 1. The van der Waals surface area contributed by atoms with E-state index in [0.29, 0.717) is 10.5 Å². The van der Waals surface area contributed by atoms with E-state index in [1.807, 2.05) is 12.1 Å². The molecule has 1 aromatic carbocycles. The van der Waals surface area contributed by atoms with E-state index in [0.717, 1.165) is 7.48 Å². The van der Waals surface area contributed by atoms with E-state index in [1.54, 1.807) is 12.1 Å². The van der Waals surface area contributed by atoms with Crippen LogP contribution in [0.5, 0.6) is 0 Å². The third-order valence-electron chi connectivity index (χ3n) is 1.04. The first-order chi connectivity index (χ1) is 4.34. The predicted molar refractivity (Wildman–Crippen MR) is 39.1 cm³/mol. The third kappa shape index (κ3) is 1.47. The SMILES string of the molecule is O[B]c1ccccc1Cl. The molecule has 0 heterocycles. The maximum absolute atomic E-state index is 8.51. The van der Waals surface area contributed by atoms with Crippen LogP contribution in [0.1, 0.15) is 0 Å². The molecule has 0 fully saturated rings. The van der Waals surface area contributed by atoms with Crippen LogP contribution in [-0.2, 0) is 0 Å². The number of hydrogen-bond acceptors (Lipinski definition) is 1. The second-order valence-electron chi connectivity index (χ2n) is 1.65. The molecule has 0 bridgehead atoms. The van der Waals surface area contributed by atoms with E-state index in [9.17, 15) is 0 Å². The standard InChI is InChI=1S/C6H5BClO/c8-6-4-2-1-3-5(6)7-9/h1-4,9H. The zero-order valence-electron chi connectivity index (χ0n) is 4.71. The minimum absolute atomic E-state index is 0.569. The highest BCUT2D eigenvalue weighted by Crippen LogP contribution is 2.01. The van der Waals surface area contributed by atoms with Gasteiger partial charge in [0.2, 0.25) is 0 Å². The van der Waals surface area contributed by atoms with E-state index in [1.165, 1.54) is 0 Å². The molecule has 0 saturated carbocycles. The molecule has 0 aliphatic carbocycles. The van der Waals surface area contributed by atoms with E-state index >= 15 is 0 Å². The highest BCUT2D eigenvalue weighted by atomic mass is 35.5. The molecule has 0 spiro atoms. The van der Waals surface area contributed by atoms with Gasteiger partial charge in [-0.15, -0.1) is 0 Å². The molecule has 0 aromatic heterocycles. The summed E-state index contributed by atoms with van der Waals surface area (Å²) in [5.74, 6) is 0. The van der Waals surface area contributed by atoms with Crippen LogP contribution in [0, 0.1) is 0 Å². The summed E-state index contributed by atoms with van der Waals surface area (Å²) < 4.78 is 0. The Bertz CT molecular complexity index is 202. The Kier molecular flexibility index (Phi) is 2.14. The topological polar surface area (TPSA) is 20.2 Å². The predicted octanol–water partition coefficient (Wildman–Crippen LogP) is 0.577. The van der Waals surface area contributed by atoms with Gasteiger partial charge in [-0.2, -0.15) is 0 Å². The molecule has 0 unspecified atom stereocenters. The molecular weight excluding hydrogens is 134 g/mol. The average Bonchev–Trinajstić information content (AvgIpc) is 1.89. The first-order valence-corrected chi connectivity index (χ1v) is 2.94. The van der Waals surface area contributed by atoms with Crippen molar-refractivity contribution in [3.05, 3.63) is 29.3 Å². The van der Waals surface area contributed by atoms with E-state index in [4.69, 9.17) is 16.6 Å². The van der Waals surface area contributed by atoms with E-state index in [2.05, 4.69) is 0 Å². The lowest BCUT2D eigenvalue weighted by Gasteiger charge is -1.93. The Morgan fingerprint density at radius 3 is 2.44 bits per heavy atom. The fourth-order valence-corrected chi connectivity index (χ4v) is 0.764. The molecular formula is C6H5BClO. The van der Waals surface area contributed by atoms with Gasteiger partial charge in [0.25, 0.3) is 0 Å². The molecule has 1 N–H and O–H groups in total. The molecule has 0 amide bonds. The molecule has 1 aromatic rings. The molecule has 0 aliphatic heterocycles. The van der Waals surface area contributed by atoms with E-state index in [-0.39, 0.29) is 0 Å². The van der Waals surface area contributed by atoms with Crippen LogP contribution < -0.4 is 5.46 Å². The Morgan fingerprint density at radius 2 is 2.00 bits per heavy atom. The van der Waals surface area contributed by atoms with Crippen molar-refractivity contribution in [3.63, 3.8) is 0 Å². The van der Waals surface area contributed by atoms with Gasteiger partial charge < -0.3 is 5.02 Å². The van der Waals surface area contributed by atoms with Gasteiger partial charge in [-0.25, -0.2) is 0 Å². The van der Waals surface area contributed by atoms with E-state index < -0.39 is 0 Å². The van der Waals surface area contributed by atoms with Gasteiger partial charge in [0.15, 0.2) is 0 Å². The van der Waals surface area contributed by atoms with Gasteiger partial charge in [-0.1, -0.05) is 29.8 Å². The molecule has 9 heavy (non-hydrogen) atoms. The quantitative estimate of drug-likeness (QED) is 0.564. The van der Waals surface area contributed by atoms with Gasteiger partial charge >= 0.3 is 7.48 Å². The number of benzene rings is 1. The maximum atomic E-state index is 8.51. The third-order valence-corrected chi connectivity index (χ3v) is 1.39. The van der Waals surface area contributed by atoms with Crippen molar-refractivity contribution in [2.24, 2.45) is 0 Å². The molecule has 0 atom stereocenters. The summed E-state index contributed by atoms with van der Waals surface area (Å²) in [5, 5.41) is 9.08. The summed E-state index contributed by atoms with van der Waals surface area (Å²) in [6, 6.07) is 7.09. The van der Waals surface area contributed by atoms with Crippen LogP contribution in [0.25, 0.3) is 0 Å². The minimum Gasteiger partial charge on any atom is -0.450 e. The van der Waals surface area contributed by atoms with Crippen molar-refractivity contribution in [1.82, 2.24) is 0 Å². The summed E-state index contributed by atoms with van der Waals surface area (Å²) in [6.45, 7) is 0. The molecule has 1 radical (unpaired) electrons. The fourth-order valence-electron chi connectivity index (χ4n) is 0.580. The molecule has 1 rings (SSSR count). The summed E-state index contributed by atoms with van der Waals surface area (Å²) in [7, 11) is 0.988. The Balaban J connectivity index is 3.01. The van der Waals surface area contributed by atoms with Crippen molar-refractivity contribution >= 4 is 24.5 Å². The maximum Gasteiger partial charge on any atom is 0.328 e. The van der Waals surface area contributed by atoms with Crippen LogP contribution in [0.4, 0.5) is 0 Å². The van der Waals surface area contributed by atoms with Crippen LogP contribution in [0.2, 0.25) is 5.02 Å². The smallest absolute Gasteiger partial charge is 0.328 e. The van der Waals surface area contributed by atoms with Crippen molar-refractivity contribution in [2.75, 3.05) is 0 Å². The molecule has 0 saturated heterocycles. The lowest BCUT2D eigenvalue weighted by Crippen LogP contribution is -2.13. The zero-order valence-corrected chi connectivity index (χ0v) is 5.47. The van der Waals surface area contributed by atoms with Crippen molar-refractivity contribution < 1.29 is 5.02 Å². The summed E-state index contributed by atoms with van der Waals surface area (Å²) in [5.41, 5.74) is 0.652. The first kappa shape index (κ1) is 6.65. The summed E-state index contributed by atoms with van der Waals surface area (Å²) >= 11 is 5.63. The Labute approximate surface area is 59.6 Å². The van der Waals surface area contributed by atoms with Crippen LogP contribution in [0.15, 0.2) is 24.3 Å². The van der Waals surface area contributed by atoms with Gasteiger partial charge in [0.05, 0.1) is 0 Å². The number of halogens is 1. The molecule has 45 valence electrons. The van der Waals surface area contributed by atoms with Crippen molar-refractivity contribution in [3.8, 4) is 0 Å². The van der Waals surface area contributed by atoms with Gasteiger partial charge in [0.1, 0.15) is 0 Å². The van der Waals surface area contributed by atoms with Crippen LogP contribution in [-0.4, -0.2) is 12.5 Å². The first-order valence-electron chi connectivity index (χ1n) is 2.56. The summed E-state index contributed by atoms with van der Waals surface area (Å²) in [6.07, 6.45) is 0. The van der Waals surface area contributed by atoms with Crippen LogP contribution in [0.3, 0.4) is 0 Å². The fraction of sp³-hybridized carbons (Fsp3) is 0. The Morgan fingerprint density at radius 1 is 1.33 bits per heavy atom. The monoisotopic (exact) mass is 139 g/mol. The highest BCUT2D eigenvalue weighted by molar-refractivity contribution is 6.52. The minimum atomic E-state index is 0.569. The number of hydrogen-bond donors (Lipinski definition) is 1. The highest BCUT2D eigenvalue weighted by Gasteiger charge is 1.95. The Hall–Kier alpha value is -0.465. The molecule has 0 aliphatic rings. The molecule has 1 nitrogen and oxygen atoms in total. The average molecular weight is 139 g/mol. The van der Waals surface area contributed by atoms with Crippen molar-refractivity contribution in [2.45, 2.75) is 0 Å². The second kappa shape index (κ2) is 2.90. The zero-order chi connectivity index (χ0) is 6.69. The lowest BCUT2D eigenvalue weighted by molar-refractivity contribution is 0.615. The van der Waals surface area contributed by atoms with Gasteiger partial charge in [-0.3, -0.25) is 0 Å². The molecule has 3 heteroatoms. The lowest BCUT2D eigenvalue weighted by atomic mass is 9.89. The normalized spacial score (nSPS) is 9.11.